The fourth-order valence-corrected chi connectivity index (χ4v) is 2.21. The summed E-state index contributed by atoms with van der Waals surface area (Å²) in [5.41, 5.74) is 1.85. The standard InChI is InChI=1S/C14H18FN3/c15-13-8-11(10-2-3-10)4-5-12(13)9-18-14-16-6-1-7-17-14/h4-5,8,10H,1-3,6-7,9H2,(H2,16,17,18). The number of benzene rings is 1. The van der Waals surface area contributed by atoms with Crippen molar-refractivity contribution in [2.24, 2.45) is 4.99 Å². The molecule has 0 aromatic heterocycles. The van der Waals surface area contributed by atoms with E-state index in [0.29, 0.717) is 18.0 Å². The lowest BCUT2D eigenvalue weighted by atomic mass is 10.1. The smallest absolute Gasteiger partial charge is 0.191 e. The molecule has 1 aromatic carbocycles. The van der Waals surface area contributed by atoms with Crippen LogP contribution in [-0.2, 0) is 6.54 Å². The maximum atomic E-state index is 13.9. The van der Waals surface area contributed by atoms with E-state index in [1.54, 1.807) is 6.07 Å². The maximum Gasteiger partial charge on any atom is 0.191 e. The lowest BCUT2D eigenvalue weighted by Gasteiger charge is -2.16. The number of nitrogens with zero attached hydrogens (tertiary/aromatic N) is 1. The Morgan fingerprint density at radius 3 is 2.94 bits per heavy atom. The number of halogens is 1. The Morgan fingerprint density at radius 1 is 1.39 bits per heavy atom. The van der Waals surface area contributed by atoms with E-state index in [-0.39, 0.29) is 5.82 Å². The second-order valence-corrected chi connectivity index (χ2v) is 4.99. The number of hydrogen-bond acceptors (Lipinski definition) is 3. The van der Waals surface area contributed by atoms with Crippen LogP contribution in [0.2, 0.25) is 0 Å². The summed E-state index contributed by atoms with van der Waals surface area (Å²) >= 11 is 0. The quantitative estimate of drug-likeness (QED) is 0.858. The predicted octanol–water partition coefficient (Wildman–Crippen LogP) is 2.14. The van der Waals surface area contributed by atoms with Gasteiger partial charge in [0, 0.05) is 25.2 Å². The first-order valence-electron chi connectivity index (χ1n) is 6.63. The monoisotopic (exact) mass is 247 g/mol. The normalized spacial score (nSPS) is 19.1. The molecule has 0 radical (unpaired) electrons. The largest absolute Gasteiger partial charge is 0.356 e. The molecule has 1 fully saturated rings. The molecule has 2 N–H and O–H groups in total. The highest BCUT2D eigenvalue weighted by molar-refractivity contribution is 5.80. The van der Waals surface area contributed by atoms with E-state index in [9.17, 15) is 4.39 Å². The van der Waals surface area contributed by atoms with Crippen LogP contribution >= 0.6 is 0 Å². The zero-order valence-corrected chi connectivity index (χ0v) is 10.4. The van der Waals surface area contributed by atoms with Crippen molar-refractivity contribution >= 4 is 5.96 Å². The van der Waals surface area contributed by atoms with Crippen molar-refractivity contribution in [2.75, 3.05) is 13.1 Å². The van der Waals surface area contributed by atoms with Crippen LogP contribution in [0.5, 0.6) is 0 Å². The van der Waals surface area contributed by atoms with Gasteiger partial charge in [-0.2, -0.15) is 0 Å². The van der Waals surface area contributed by atoms with Gasteiger partial charge in [0.15, 0.2) is 5.96 Å². The van der Waals surface area contributed by atoms with Crippen LogP contribution in [0.1, 0.15) is 36.3 Å². The van der Waals surface area contributed by atoms with Crippen molar-refractivity contribution in [3.8, 4) is 0 Å². The molecule has 2 aliphatic rings. The molecular weight excluding hydrogens is 229 g/mol. The maximum absolute atomic E-state index is 13.9. The summed E-state index contributed by atoms with van der Waals surface area (Å²) in [7, 11) is 0. The summed E-state index contributed by atoms with van der Waals surface area (Å²) in [5.74, 6) is 1.28. The third-order valence-corrected chi connectivity index (χ3v) is 3.47. The highest BCUT2D eigenvalue weighted by Crippen LogP contribution is 2.40. The van der Waals surface area contributed by atoms with Crippen LogP contribution in [0.3, 0.4) is 0 Å². The van der Waals surface area contributed by atoms with Gasteiger partial charge in [0.2, 0.25) is 0 Å². The molecular formula is C14H18FN3. The minimum atomic E-state index is -0.108. The summed E-state index contributed by atoms with van der Waals surface area (Å²) in [6.45, 7) is 2.27. The second kappa shape index (κ2) is 4.96. The van der Waals surface area contributed by atoms with Gasteiger partial charge in [0.25, 0.3) is 0 Å². The zero-order chi connectivity index (χ0) is 12.4. The van der Waals surface area contributed by atoms with Crippen molar-refractivity contribution < 1.29 is 4.39 Å². The Hall–Kier alpha value is -1.58. The first-order chi connectivity index (χ1) is 8.83. The Bertz CT molecular complexity index is 466. The van der Waals surface area contributed by atoms with Gasteiger partial charge in [0.1, 0.15) is 5.82 Å². The average Bonchev–Trinajstić information content (AvgIpc) is 3.23. The molecule has 18 heavy (non-hydrogen) atoms. The van der Waals surface area contributed by atoms with Gasteiger partial charge in [-0.1, -0.05) is 12.1 Å². The van der Waals surface area contributed by atoms with E-state index in [4.69, 9.17) is 0 Å². The van der Waals surface area contributed by atoms with E-state index >= 15 is 0 Å². The molecule has 1 aliphatic carbocycles. The van der Waals surface area contributed by atoms with Gasteiger partial charge >= 0.3 is 0 Å². The van der Waals surface area contributed by atoms with Crippen LogP contribution in [0.15, 0.2) is 23.2 Å². The molecule has 4 heteroatoms. The molecule has 1 heterocycles. The van der Waals surface area contributed by atoms with Gasteiger partial charge in [0.05, 0.1) is 0 Å². The molecule has 0 spiro atoms. The minimum absolute atomic E-state index is 0.108. The third kappa shape index (κ3) is 2.63. The Morgan fingerprint density at radius 2 is 2.28 bits per heavy atom. The molecule has 1 aromatic rings. The van der Waals surface area contributed by atoms with E-state index in [2.05, 4.69) is 15.6 Å². The SMILES string of the molecule is Fc1cc(C2CC2)ccc1CNC1=NCCCN1. The Labute approximate surface area is 106 Å². The Kier molecular flexibility index (Phi) is 3.17. The van der Waals surface area contributed by atoms with Gasteiger partial charge in [-0.05, 0) is 36.8 Å². The predicted molar refractivity (Wildman–Crippen MR) is 70.1 cm³/mol. The van der Waals surface area contributed by atoms with Crippen molar-refractivity contribution in [3.05, 3.63) is 35.1 Å². The van der Waals surface area contributed by atoms with Crippen molar-refractivity contribution in [1.29, 1.82) is 0 Å². The van der Waals surface area contributed by atoms with Crippen molar-refractivity contribution in [1.82, 2.24) is 10.6 Å². The van der Waals surface area contributed by atoms with Crippen molar-refractivity contribution in [2.45, 2.75) is 31.7 Å². The molecule has 1 saturated carbocycles. The zero-order valence-electron chi connectivity index (χ0n) is 10.4. The van der Waals surface area contributed by atoms with E-state index in [1.807, 2.05) is 12.1 Å². The lowest BCUT2D eigenvalue weighted by molar-refractivity contribution is 0.600. The van der Waals surface area contributed by atoms with Gasteiger partial charge in [-0.25, -0.2) is 4.39 Å². The molecule has 3 nitrogen and oxygen atoms in total. The Balaban J connectivity index is 1.63. The minimum Gasteiger partial charge on any atom is -0.356 e. The molecule has 0 unspecified atom stereocenters. The van der Waals surface area contributed by atoms with E-state index < -0.39 is 0 Å². The van der Waals surface area contributed by atoms with Crippen LogP contribution in [0.25, 0.3) is 0 Å². The fraction of sp³-hybridized carbons (Fsp3) is 0.500. The first-order valence-corrected chi connectivity index (χ1v) is 6.63. The fourth-order valence-electron chi connectivity index (χ4n) is 2.21. The second-order valence-electron chi connectivity index (χ2n) is 4.99. The molecule has 0 atom stereocenters. The lowest BCUT2D eigenvalue weighted by Crippen LogP contribution is -2.40. The van der Waals surface area contributed by atoms with Gasteiger partial charge in [-0.3, -0.25) is 4.99 Å². The summed E-state index contributed by atoms with van der Waals surface area (Å²) in [4.78, 5) is 4.30. The highest BCUT2D eigenvalue weighted by Gasteiger charge is 2.24. The van der Waals surface area contributed by atoms with Crippen LogP contribution in [0, 0.1) is 5.82 Å². The van der Waals surface area contributed by atoms with E-state index in [1.165, 1.54) is 12.8 Å². The molecule has 1 aliphatic heterocycles. The van der Waals surface area contributed by atoms with Gasteiger partial charge in [-0.15, -0.1) is 0 Å². The number of hydrogen-bond donors (Lipinski definition) is 2. The third-order valence-electron chi connectivity index (χ3n) is 3.47. The highest BCUT2D eigenvalue weighted by atomic mass is 19.1. The molecule has 3 rings (SSSR count). The summed E-state index contributed by atoms with van der Waals surface area (Å²) in [6.07, 6.45) is 3.48. The van der Waals surface area contributed by atoms with Crippen molar-refractivity contribution in [3.63, 3.8) is 0 Å². The average molecular weight is 247 g/mol. The topological polar surface area (TPSA) is 36.4 Å². The van der Waals surface area contributed by atoms with E-state index in [0.717, 1.165) is 31.0 Å². The molecule has 0 saturated heterocycles. The molecule has 0 amide bonds. The summed E-state index contributed by atoms with van der Waals surface area (Å²) in [5, 5.41) is 6.31. The number of aliphatic imine (C=N–C) groups is 1. The summed E-state index contributed by atoms with van der Waals surface area (Å²) in [6, 6.07) is 5.62. The van der Waals surface area contributed by atoms with Crippen LogP contribution < -0.4 is 10.6 Å². The number of rotatable bonds is 3. The number of nitrogens with one attached hydrogen (secondary N) is 2. The molecule has 96 valence electrons. The van der Waals surface area contributed by atoms with Crippen LogP contribution in [0.4, 0.5) is 4.39 Å². The summed E-state index contributed by atoms with van der Waals surface area (Å²) < 4.78 is 13.9. The van der Waals surface area contributed by atoms with Crippen LogP contribution in [-0.4, -0.2) is 19.0 Å². The first kappa shape index (κ1) is 11.5. The molecule has 0 bridgehead atoms. The van der Waals surface area contributed by atoms with Gasteiger partial charge < -0.3 is 10.6 Å². The number of guanidine groups is 1.